The van der Waals surface area contributed by atoms with Gasteiger partial charge in [0.25, 0.3) is 11.8 Å². The molecule has 0 aromatic heterocycles. The largest absolute Gasteiger partial charge is 0.462 e. The number of amides is 2. The van der Waals surface area contributed by atoms with Gasteiger partial charge in [-0.2, -0.15) is 0 Å². The third-order valence-electron chi connectivity index (χ3n) is 5.56. The molecule has 0 spiro atoms. The Labute approximate surface area is 196 Å². The van der Waals surface area contributed by atoms with E-state index in [0.717, 1.165) is 4.90 Å². The molecule has 0 bridgehead atoms. The topological polar surface area (TPSA) is 124 Å². The standard InChI is InChI=1S/C25H25NO8/c1-15-12-20(27)19(22(15)29)8-4-10-33-24(31)17-6-3-7-18(14-17)25(32)34-11-5-9-26-21(28)13-16(2)23(26)30/h3,6-7,12-14,19H,4-5,8-11H2,1-2H3. The average Bonchev–Trinajstić information content (AvgIpc) is 3.20. The number of carbonyl (C=O) groups is 6. The summed E-state index contributed by atoms with van der Waals surface area (Å²) in [5.74, 6) is -3.12. The average molecular weight is 467 g/mol. The summed E-state index contributed by atoms with van der Waals surface area (Å²) in [6.07, 6.45) is 3.55. The van der Waals surface area contributed by atoms with Crippen molar-refractivity contribution < 1.29 is 38.2 Å². The quantitative estimate of drug-likeness (QED) is 0.222. The number of imide groups is 1. The van der Waals surface area contributed by atoms with Crippen LogP contribution in [0.4, 0.5) is 0 Å². The van der Waals surface area contributed by atoms with Gasteiger partial charge in [-0.25, -0.2) is 9.59 Å². The summed E-state index contributed by atoms with van der Waals surface area (Å²) in [6, 6.07) is 5.86. The zero-order valence-corrected chi connectivity index (χ0v) is 19.0. The van der Waals surface area contributed by atoms with Crippen molar-refractivity contribution in [2.45, 2.75) is 33.1 Å². The number of allylic oxidation sites excluding steroid dienone is 2. The minimum atomic E-state index is -0.696. The molecule has 0 fully saturated rings. The van der Waals surface area contributed by atoms with Crippen LogP contribution in [0.5, 0.6) is 0 Å². The van der Waals surface area contributed by atoms with E-state index in [2.05, 4.69) is 0 Å². The minimum Gasteiger partial charge on any atom is -0.462 e. The molecule has 9 nitrogen and oxygen atoms in total. The van der Waals surface area contributed by atoms with E-state index in [4.69, 9.17) is 9.47 Å². The second-order valence-electron chi connectivity index (χ2n) is 8.12. The Hall–Kier alpha value is -3.88. The van der Waals surface area contributed by atoms with Crippen LogP contribution in [-0.4, -0.2) is 60.0 Å². The van der Waals surface area contributed by atoms with E-state index < -0.39 is 17.9 Å². The maximum atomic E-state index is 12.3. The number of rotatable bonds is 10. The minimum absolute atomic E-state index is 0.00342. The summed E-state index contributed by atoms with van der Waals surface area (Å²) in [5.41, 5.74) is 1.14. The van der Waals surface area contributed by atoms with Crippen LogP contribution in [0.15, 0.2) is 47.6 Å². The van der Waals surface area contributed by atoms with Gasteiger partial charge in [-0.1, -0.05) is 6.07 Å². The fourth-order valence-corrected chi connectivity index (χ4v) is 3.69. The third kappa shape index (κ3) is 5.72. The highest BCUT2D eigenvalue weighted by Crippen LogP contribution is 2.22. The molecule has 0 saturated carbocycles. The lowest BCUT2D eigenvalue weighted by molar-refractivity contribution is -0.137. The van der Waals surface area contributed by atoms with E-state index >= 15 is 0 Å². The number of benzene rings is 1. The van der Waals surface area contributed by atoms with Gasteiger partial charge in [-0.15, -0.1) is 0 Å². The van der Waals surface area contributed by atoms with E-state index in [-0.39, 0.29) is 60.7 Å². The first-order valence-corrected chi connectivity index (χ1v) is 10.9. The molecule has 1 aromatic rings. The van der Waals surface area contributed by atoms with Gasteiger partial charge < -0.3 is 9.47 Å². The van der Waals surface area contributed by atoms with Crippen molar-refractivity contribution in [2.75, 3.05) is 19.8 Å². The summed E-state index contributed by atoms with van der Waals surface area (Å²) in [5, 5.41) is 0. The molecule has 2 aliphatic rings. The normalized spacial score (nSPS) is 17.7. The zero-order valence-electron chi connectivity index (χ0n) is 19.0. The number of nitrogens with zero attached hydrogens (tertiary/aromatic N) is 1. The summed E-state index contributed by atoms with van der Waals surface area (Å²) >= 11 is 0. The van der Waals surface area contributed by atoms with E-state index in [9.17, 15) is 28.8 Å². The number of ketones is 2. The zero-order chi connectivity index (χ0) is 24.8. The van der Waals surface area contributed by atoms with Crippen molar-refractivity contribution in [3.8, 4) is 0 Å². The van der Waals surface area contributed by atoms with Crippen LogP contribution in [0, 0.1) is 5.92 Å². The maximum absolute atomic E-state index is 12.3. The Bertz CT molecular complexity index is 1030. The molecule has 2 amide bonds. The van der Waals surface area contributed by atoms with Crippen molar-refractivity contribution in [3.63, 3.8) is 0 Å². The fourth-order valence-electron chi connectivity index (χ4n) is 3.69. The first-order chi connectivity index (χ1) is 16.2. The fraction of sp³-hybridized carbons (Fsp3) is 0.360. The molecular weight excluding hydrogens is 442 g/mol. The summed E-state index contributed by atoms with van der Waals surface area (Å²) < 4.78 is 10.4. The molecule has 3 rings (SSSR count). The Morgan fingerprint density at radius 1 is 0.882 bits per heavy atom. The van der Waals surface area contributed by atoms with Crippen molar-refractivity contribution in [3.05, 3.63) is 58.7 Å². The summed E-state index contributed by atoms with van der Waals surface area (Å²) in [7, 11) is 0. The third-order valence-corrected chi connectivity index (χ3v) is 5.56. The molecule has 1 heterocycles. The number of carbonyl (C=O) groups excluding carboxylic acids is 6. The Morgan fingerprint density at radius 2 is 1.50 bits per heavy atom. The molecule has 0 saturated heterocycles. The van der Waals surface area contributed by atoms with Gasteiger partial charge in [0.15, 0.2) is 11.6 Å². The van der Waals surface area contributed by atoms with E-state index in [1.165, 1.54) is 36.4 Å². The van der Waals surface area contributed by atoms with Crippen LogP contribution in [0.3, 0.4) is 0 Å². The van der Waals surface area contributed by atoms with Gasteiger partial charge in [0.05, 0.1) is 30.3 Å². The van der Waals surface area contributed by atoms with Crippen LogP contribution in [0.1, 0.15) is 53.8 Å². The molecule has 0 radical (unpaired) electrons. The second-order valence-corrected chi connectivity index (χ2v) is 8.12. The predicted molar refractivity (Wildman–Crippen MR) is 119 cm³/mol. The van der Waals surface area contributed by atoms with Crippen LogP contribution >= 0.6 is 0 Å². The van der Waals surface area contributed by atoms with Crippen LogP contribution in [0.25, 0.3) is 0 Å². The first kappa shape index (κ1) is 24.8. The molecule has 1 atom stereocenters. The number of hydrogen-bond donors (Lipinski definition) is 0. The molecule has 1 unspecified atom stereocenters. The van der Waals surface area contributed by atoms with Gasteiger partial charge in [0.2, 0.25) is 0 Å². The predicted octanol–water partition coefficient (Wildman–Crippen LogP) is 2.20. The molecule has 1 aromatic carbocycles. The van der Waals surface area contributed by atoms with Crippen LogP contribution < -0.4 is 0 Å². The van der Waals surface area contributed by atoms with Gasteiger partial charge in [-0.3, -0.25) is 24.1 Å². The van der Waals surface area contributed by atoms with Crippen LogP contribution in [0.2, 0.25) is 0 Å². The van der Waals surface area contributed by atoms with Crippen molar-refractivity contribution in [2.24, 2.45) is 5.92 Å². The van der Waals surface area contributed by atoms with Crippen molar-refractivity contribution in [1.82, 2.24) is 4.90 Å². The molecule has 9 heteroatoms. The molecular formula is C25H25NO8. The Balaban J connectivity index is 1.41. The molecule has 178 valence electrons. The van der Waals surface area contributed by atoms with Gasteiger partial charge in [0.1, 0.15) is 0 Å². The lowest BCUT2D eigenvalue weighted by Crippen LogP contribution is -2.32. The van der Waals surface area contributed by atoms with E-state index in [1.54, 1.807) is 13.8 Å². The van der Waals surface area contributed by atoms with Crippen molar-refractivity contribution >= 4 is 35.3 Å². The number of ether oxygens (including phenoxy) is 2. The lowest BCUT2D eigenvalue weighted by Gasteiger charge is -2.14. The number of esters is 2. The van der Waals surface area contributed by atoms with E-state index in [1.807, 2.05) is 0 Å². The summed E-state index contributed by atoms with van der Waals surface area (Å²) in [4.78, 5) is 72.9. The van der Waals surface area contributed by atoms with E-state index in [0.29, 0.717) is 24.0 Å². The van der Waals surface area contributed by atoms with Crippen LogP contribution in [-0.2, 0) is 28.7 Å². The highest BCUT2D eigenvalue weighted by Gasteiger charge is 2.31. The van der Waals surface area contributed by atoms with Gasteiger partial charge >= 0.3 is 11.9 Å². The van der Waals surface area contributed by atoms with Gasteiger partial charge in [0, 0.05) is 18.2 Å². The molecule has 1 aliphatic carbocycles. The number of hydrogen-bond acceptors (Lipinski definition) is 8. The smallest absolute Gasteiger partial charge is 0.338 e. The molecule has 1 aliphatic heterocycles. The molecule has 34 heavy (non-hydrogen) atoms. The second kappa shape index (κ2) is 10.8. The highest BCUT2D eigenvalue weighted by molar-refractivity contribution is 6.21. The summed E-state index contributed by atoms with van der Waals surface area (Å²) in [6.45, 7) is 3.33. The SMILES string of the molecule is CC1=CC(=O)C(CCCOC(=O)c2cccc(C(=O)OCCCN3C(=O)C=C(C)C3=O)c2)C1=O. The van der Waals surface area contributed by atoms with Gasteiger partial charge in [-0.05, 0) is 63.0 Å². The molecule has 0 N–H and O–H groups in total. The van der Waals surface area contributed by atoms with Crippen molar-refractivity contribution in [1.29, 1.82) is 0 Å². The Kier molecular flexibility index (Phi) is 7.88. The first-order valence-electron chi connectivity index (χ1n) is 10.9. The lowest BCUT2D eigenvalue weighted by atomic mass is 9.98. The Morgan fingerprint density at radius 3 is 2.03 bits per heavy atom. The monoisotopic (exact) mass is 467 g/mol. The highest BCUT2D eigenvalue weighted by atomic mass is 16.5. The number of Topliss-reactive ketones (excluding diaryl/α,β-unsaturated/α-hetero) is 1. The maximum Gasteiger partial charge on any atom is 0.338 e.